The quantitative estimate of drug-likeness (QED) is 0.608. The van der Waals surface area contributed by atoms with Crippen molar-refractivity contribution in [3.63, 3.8) is 0 Å². The molecule has 0 nitrogen and oxygen atoms in total. The van der Waals surface area contributed by atoms with Crippen LogP contribution < -0.4 is 24.8 Å². The molecule has 0 saturated heterocycles. The van der Waals surface area contributed by atoms with Crippen LogP contribution >= 0.6 is 0 Å². The zero-order chi connectivity index (χ0) is 12.6. The Morgan fingerprint density at radius 1 is 1.14 bits per heavy atom. The van der Waals surface area contributed by atoms with Crippen LogP contribution in [0.3, 0.4) is 0 Å². The third kappa shape index (κ3) is 8.10. The Hall–Kier alpha value is -0.227. The van der Waals surface area contributed by atoms with E-state index in [1.165, 1.54) is 35.6 Å². The first-order chi connectivity index (χ1) is 8.90. The summed E-state index contributed by atoms with van der Waals surface area (Å²) in [5.74, 6) is 0. The van der Waals surface area contributed by atoms with Crippen LogP contribution in [0.15, 0.2) is 60.2 Å². The molecule has 0 radical (unpaired) electrons. The molecule has 0 amide bonds. The Labute approximate surface area is 160 Å². The molecule has 0 atom stereocenters. The maximum absolute atomic E-state index is 3.30. The topological polar surface area (TPSA) is 0 Å². The molecule has 1 aliphatic rings. The average molecular weight is 398 g/mol. The fraction of sp³-hybridized carbons (Fsp3) is 0.278. The number of rotatable bonds is 3. The molecule has 0 fully saturated rings. The van der Waals surface area contributed by atoms with Crippen LogP contribution in [-0.4, -0.2) is 0 Å². The van der Waals surface area contributed by atoms with Gasteiger partial charge in [-0.25, -0.2) is 11.6 Å². The summed E-state index contributed by atoms with van der Waals surface area (Å²) in [5.41, 5.74) is 1.41. The number of hydrogen-bond acceptors (Lipinski definition) is 0. The predicted octanol–water partition coefficient (Wildman–Crippen LogP) is -0.570. The van der Waals surface area contributed by atoms with E-state index >= 15 is 0 Å². The molecule has 3 heteroatoms. The van der Waals surface area contributed by atoms with Crippen molar-refractivity contribution < 1.29 is 51.0 Å². The number of halogens is 2. The molecule has 0 spiro atoms. The number of allylic oxidation sites excluding steroid dienone is 4. The first-order valence-corrected chi connectivity index (χ1v) is 6.77. The minimum Gasteiger partial charge on any atom is -1.00 e. The Morgan fingerprint density at radius 3 is 2.52 bits per heavy atom. The fourth-order valence-electron chi connectivity index (χ4n) is 2.06. The molecule has 0 bridgehead atoms. The second-order valence-corrected chi connectivity index (χ2v) is 4.57. The maximum Gasteiger partial charge on any atom is 4.00 e. The minimum atomic E-state index is 0. The van der Waals surface area contributed by atoms with Gasteiger partial charge >= 0.3 is 26.2 Å². The van der Waals surface area contributed by atoms with E-state index in [-0.39, 0.29) is 51.0 Å². The van der Waals surface area contributed by atoms with Gasteiger partial charge in [-0.05, 0) is 0 Å². The standard InChI is InChI=1S/C9H7.C9H13.2ClH.Zr/c1-2-5-9-7-3-6-8(9)4-1;1-2-3-6-9-7-4-5-8-9;;;/h1-7H;4,7H,2-3,5-6H2,1H3;2*1H;/q2*-1;;;+4/p-2. The molecule has 0 aromatic heterocycles. The van der Waals surface area contributed by atoms with Gasteiger partial charge in [0.15, 0.2) is 0 Å². The van der Waals surface area contributed by atoms with E-state index in [2.05, 4.69) is 67.6 Å². The normalized spacial score (nSPS) is 11.4. The zero-order valence-corrected chi connectivity index (χ0v) is 16.3. The molecule has 0 unspecified atom stereocenters. The van der Waals surface area contributed by atoms with Crippen molar-refractivity contribution in [2.24, 2.45) is 0 Å². The van der Waals surface area contributed by atoms with Crippen LogP contribution in [0, 0.1) is 6.08 Å². The Kier molecular flexibility index (Phi) is 14.7. The van der Waals surface area contributed by atoms with E-state index in [1.54, 1.807) is 0 Å². The molecule has 0 saturated carbocycles. The average Bonchev–Trinajstić information content (AvgIpc) is 3.08. The van der Waals surface area contributed by atoms with Gasteiger partial charge in [-0.1, -0.05) is 32.3 Å². The predicted molar refractivity (Wildman–Crippen MR) is 79.6 cm³/mol. The molecule has 2 aromatic carbocycles. The van der Waals surface area contributed by atoms with Crippen LogP contribution in [-0.2, 0) is 26.2 Å². The van der Waals surface area contributed by atoms with Gasteiger partial charge in [-0.15, -0.1) is 36.1 Å². The summed E-state index contributed by atoms with van der Waals surface area (Å²) in [5, 5.41) is 2.66. The zero-order valence-electron chi connectivity index (χ0n) is 12.3. The van der Waals surface area contributed by atoms with Crippen molar-refractivity contribution >= 4 is 10.8 Å². The summed E-state index contributed by atoms with van der Waals surface area (Å²) in [4.78, 5) is 0. The third-order valence-corrected chi connectivity index (χ3v) is 3.11. The van der Waals surface area contributed by atoms with E-state index < -0.39 is 0 Å². The maximum atomic E-state index is 3.30. The number of benzene rings is 1. The molecule has 3 rings (SSSR count). The first-order valence-electron chi connectivity index (χ1n) is 6.77. The van der Waals surface area contributed by atoms with Crippen molar-refractivity contribution in [3.05, 3.63) is 66.3 Å². The molecule has 2 aromatic rings. The number of unbranched alkanes of at least 4 members (excludes halogenated alkanes) is 1. The van der Waals surface area contributed by atoms with Crippen molar-refractivity contribution in [2.75, 3.05) is 0 Å². The van der Waals surface area contributed by atoms with Crippen molar-refractivity contribution in [1.82, 2.24) is 0 Å². The number of fused-ring (bicyclic) bond motifs is 1. The molecule has 1 aliphatic carbocycles. The van der Waals surface area contributed by atoms with E-state index in [1.807, 2.05) is 0 Å². The van der Waals surface area contributed by atoms with E-state index in [0.717, 1.165) is 6.42 Å². The van der Waals surface area contributed by atoms with Crippen molar-refractivity contribution in [3.8, 4) is 0 Å². The minimum absolute atomic E-state index is 0. The third-order valence-electron chi connectivity index (χ3n) is 3.11. The molecule has 0 heterocycles. The van der Waals surface area contributed by atoms with Gasteiger partial charge in [0, 0.05) is 0 Å². The molecule has 0 aliphatic heterocycles. The first kappa shape index (κ1) is 23.0. The van der Waals surface area contributed by atoms with Gasteiger partial charge in [0.25, 0.3) is 0 Å². The van der Waals surface area contributed by atoms with Gasteiger partial charge in [-0.2, -0.15) is 23.6 Å². The summed E-state index contributed by atoms with van der Waals surface area (Å²) < 4.78 is 0. The molecular formula is C18H20Cl2Zr. The van der Waals surface area contributed by atoms with Crippen LogP contribution in [0.25, 0.3) is 10.8 Å². The second-order valence-electron chi connectivity index (χ2n) is 4.57. The summed E-state index contributed by atoms with van der Waals surface area (Å²) in [7, 11) is 0. The van der Waals surface area contributed by atoms with E-state index in [4.69, 9.17) is 0 Å². The molecular weight excluding hydrogens is 378 g/mol. The second kappa shape index (κ2) is 13.4. The van der Waals surface area contributed by atoms with Gasteiger partial charge < -0.3 is 24.8 Å². The summed E-state index contributed by atoms with van der Waals surface area (Å²) in [6, 6.07) is 14.7. The molecule has 110 valence electrons. The van der Waals surface area contributed by atoms with Crippen LogP contribution in [0.5, 0.6) is 0 Å². The van der Waals surface area contributed by atoms with Gasteiger partial charge in [-0.3, -0.25) is 6.08 Å². The molecule has 21 heavy (non-hydrogen) atoms. The largest absolute Gasteiger partial charge is 4.00 e. The summed E-state index contributed by atoms with van der Waals surface area (Å²) in [6.07, 6.45) is 12.5. The number of hydrogen-bond donors (Lipinski definition) is 0. The molecule has 0 N–H and O–H groups in total. The summed E-state index contributed by atoms with van der Waals surface area (Å²) in [6.45, 7) is 2.22. The van der Waals surface area contributed by atoms with Gasteiger partial charge in [0.05, 0.1) is 0 Å². The van der Waals surface area contributed by atoms with Crippen molar-refractivity contribution in [2.45, 2.75) is 32.6 Å². The van der Waals surface area contributed by atoms with Crippen LogP contribution in [0.1, 0.15) is 32.6 Å². The van der Waals surface area contributed by atoms with Gasteiger partial charge in [0.1, 0.15) is 0 Å². The fourth-order valence-corrected chi connectivity index (χ4v) is 2.06. The van der Waals surface area contributed by atoms with Crippen molar-refractivity contribution in [1.29, 1.82) is 0 Å². The Morgan fingerprint density at radius 2 is 1.90 bits per heavy atom. The Balaban J connectivity index is 0. The van der Waals surface area contributed by atoms with Crippen LogP contribution in [0.4, 0.5) is 0 Å². The van der Waals surface area contributed by atoms with Crippen LogP contribution in [0.2, 0.25) is 0 Å². The summed E-state index contributed by atoms with van der Waals surface area (Å²) >= 11 is 0. The smallest absolute Gasteiger partial charge is 1.00 e. The van der Waals surface area contributed by atoms with E-state index in [0.29, 0.717) is 0 Å². The monoisotopic (exact) mass is 396 g/mol. The van der Waals surface area contributed by atoms with Gasteiger partial charge in [0.2, 0.25) is 0 Å². The Bertz CT molecular complexity index is 511. The SMILES string of the molecule is CCCCC1=[C-]CC=C1.[Cl-].[Cl-].[Zr+4].c1ccc2[cH-]ccc2c1. The van der Waals surface area contributed by atoms with E-state index in [9.17, 15) is 0 Å².